The Morgan fingerprint density at radius 2 is 1.96 bits per heavy atom. The second-order valence-electron chi connectivity index (χ2n) is 5.66. The quantitative estimate of drug-likeness (QED) is 0.648. The minimum atomic E-state index is -0.887. The molecule has 0 aliphatic heterocycles. The Labute approximate surface area is 155 Å². The van der Waals surface area contributed by atoms with E-state index in [1.807, 2.05) is 36.4 Å². The van der Waals surface area contributed by atoms with Crippen molar-refractivity contribution in [3.8, 4) is 22.1 Å². The van der Waals surface area contributed by atoms with Gasteiger partial charge in [-0.05, 0) is 23.8 Å². The molecular weight excluding hydrogens is 350 g/mol. The van der Waals surface area contributed by atoms with Gasteiger partial charge in [-0.3, -0.25) is 4.79 Å². The predicted octanol–water partition coefficient (Wildman–Crippen LogP) is 4.07. The molecule has 134 valence electrons. The number of nitrogens with zero attached hydrogens (tertiary/aromatic N) is 1. The Hall–Kier alpha value is -2.86. The lowest BCUT2D eigenvalue weighted by molar-refractivity contribution is -0.136. The van der Waals surface area contributed by atoms with Crippen LogP contribution >= 0.6 is 11.3 Å². The number of thiazole rings is 1. The Balaban J connectivity index is 1.69. The lowest BCUT2D eigenvalue weighted by Gasteiger charge is -2.11. The van der Waals surface area contributed by atoms with Gasteiger partial charge in [0, 0.05) is 17.4 Å². The molecule has 0 aliphatic carbocycles. The van der Waals surface area contributed by atoms with Crippen LogP contribution in [0.2, 0.25) is 0 Å². The van der Waals surface area contributed by atoms with Gasteiger partial charge in [0.15, 0.2) is 11.5 Å². The zero-order chi connectivity index (χ0) is 18.4. The topological polar surface area (TPSA) is 68.7 Å². The van der Waals surface area contributed by atoms with Gasteiger partial charge >= 0.3 is 5.97 Å². The number of rotatable bonds is 8. The van der Waals surface area contributed by atoms with Crippen LogP contribution in [0.3, 0.4) is 0 Å². The van der Waals surface area contributed by atoms with Crippen molar-refractivity contribution in [2.45, 2.75) is 12.8 Å². The number of methoxy groups -OCH3 is 1. The van der Waals surface area contributed by atoms with Crippen LogP contribution in [-0.4, -0.2) is 29.8 Å². The van der Waals surface area contributed by atoms with Crippen molar-refractivity contribution in [2.75, 3.05) is 13.7 Å². The summed E-state index contributed by atoms with van der Waals surface area (Å²) >= 11 is 1.41. The molecular formula is C20H19NO4S. The fraction of sp³-hybridized carbons (Fsp3) is 0.200. The predicted molar refractivity (Wildman–Crippen MR) is 101 cm³/mol. The summed E-state index contributed by atoms with van der Waals surface area (Å²) < 4.78 is 11.3. The van der Waals surface area contributed by atoms with Crippen molar-refractivity contribution in [3.63, 3.8) is 0 Å². The van der Waals surface area contributed by atoms with Crippen LogP contribution in [0.15, 0.2) is 53.9 Å². The van der Waals surface area contributed by atoms with E-state index in [4.69, 9.17) is 14.6 Å². The number of carbonyl (C=O) groups is 1. The first-order valence-electron chi connectivity index (χ1n) is 8.17. The molecule has 2 aromatic carbocycles. The molecule has 5 nitrogen and oxygen atoms in total. The van der Waals surface area contributed by atoms with Gasteiger partial charge in [-0.15, -0.1) is 11.3 Å². The number of hydrogen-bond acceptors (Lipinski definition) is 5. The molecule has 0 saturated heterocycles. The van der Waals surface area contributed by atoms with Crippen molar-refractivity contribution < 1.29 is 19.4 Å². The average molecular weight is 369 g/mol. The van der Waals surface area contributed by atoms with Crippen molar-refractivity contribution >= 4 is 17.3 Å². The summed E-state index contributed by atoms with van der Waals surface area (Å²) in [5, 5.41) is 11.4. The Morgan fingerprint density at radius 1 is 1.15 bits per heavy atom. The molecule has 0 radical (unpaired) electrons. The molecule has 0 unspecified atom stereocenters. The van der Waals surface area contributed by atoms with Gasteiger partial charge < -0.3 is 14.6 Å². The summed E-state index contributed by atoms with van der Waals surface area (Å²) in [7, 11) is 1.60. The van der Waals surface area contributed by atoms with E-state index in [0.717, 1.165) is 17.0 Å². The van der Waals surface area contributed by atoms with Crippen LogP contribution in [0.25, 0.3) is 10.6 Å². The third-order valence-corrected chi connectivity index (χ3v) is 4.73. The lowest BCUT2D eigenvalue weighted by atomic mass is 10.2. The number of aromatic nitrogens is 1. The average Bonchev–Trinajstić information content (AvgIpc) is 3.10. The van der Waals surface area contributed by atoms with E-state index in [1.54, 1.807) is 12.5 Å². The molecule has 1 aromatic heterocycles. The van der Waals surface area contributed by atoms with Gasteiger partial charge in [0.05, 0.1) is 25.8 Å². The fourth-order valence-electron chi connectivity index (χ4n) is 2.52. The summed E-state index contributed by atoms with van der Waals surface area (Å²) in [6, 6.07) is 15.8. The second kappa shape index (κ2) is 8.49. The van der Waals surface area contributed by atoms with Crippen LogP contribution in [0.5, 0.6) is 11.5 Å². The maximum Gasteiger partial charge on any atom is 0.309 e. The minimum Gasteiger partial charge on any atom is -0.493 e. The molecule has 1 heterocycles. The van der Waals surface area contributed by atoms with E-state index in [-0.39, 0.29) is 6.42 Å². The molecule has 3 rings (SSSR count). The van der Waals surface area contributed by atoms with Crippen LogP contribution in [0, 0.1) is 0 Å². The third-order valence-electron chi connectivity index (χ3n) is 3.79. The molecule has 1 N–H and O–H groups in total. The highest BCUT2D eigenvalue weighted by atomic mass is 32.1. The molecule has 0 spiro atoms. The Kier molecular flexibility index (Phi) is 5.86. The van der Waals surface area contributed by atoms with Gasteiger partial charge in [0.2, 0.25) is 0 Å². The lowest BCUT2D eigenvalue weighted by Crippen LogP contribution is -2.02. The summed E-state index contributed by atoms with van der Waals surface area (Å²) in [5.74, 6) is 0.418. The smallest absolute Gasteiger partial charge is 0.309 e. The fourth-order valence-corrected chi connectivity index (χ4v) is 3.34. The van der Waals surface area contributed by atoms with Gasteiger partial charge in [-0.25, -0.2) is 4.98 Å². The largest absolute Gasteiger partial charge is 0.493 e. The maximum atomic E-state index is 10.8. The number of hydrogen-bond donors (Lipinski definition) is 1. The second-order valence-corrected chi connectivity index (χ2v) is 6.52. The highest BCUT2D eigenvalue weighted by Gasteiger charge is 2.11. The van der Waals surface area contributed by atoms with E-state index in [9.17, 15) is 4.79 Å². The molecule has 0 bridgehead atoms. The number of ether oxygens (including phenoxy) is 2. The summed E-state index contributed by atoms with van der Waals surface area (Å²) in [6.07, 6.45) is 0.741. The Morgan fingerprint density at radius 3 is 2.69 bits per heavy atom. The summed E-state index contributed by atoms with van der Waals surface area (Å²) in [4.78, 5) is 15.2. The van der Waals surface area contributed by atoms with Gasteiger partial charge in [0.1, 0.15) is 5.01 Å². The van der Waals surface area contributed by atoms with E-state index in [0.29, 0.717) is 23.8 Å². The maximum absolute atomic E-state index is 10.8. The van der Waals surface area contributed by atoms with Crippen molar-refractivity contribution in [2.24, 2.45) is 0 Å². The minimum absolute atomic E-state index is 0.0751. The van der Waals surface area contributed by atoms with Gasteiger partial charge in [0.25, 0.3) is 0 Å². The van der Waals surface area contributed by atoms with Crippen LogP contribution in [0.4, 0.5) is 0 Å². The standard InChI is InChI=1S/C20H19NO4S/c1-24-18-11-15(20-21-16(13-26-20)12-19(22)23)7-8-17(18)25-10-9-14-5-3-2-4-6-14/h2-8,11,13H,9-10,12H2,1H3,(H,22,23). The Bertz CT molecular complexity index is 877. The first-order valence-corrected chi connectivity index (χ1v) is 9.05. The van der Waals surface area contributed by atoms with Crippen LogP contribution in [0.1, 0.15) is 11.3 Å². The molecule has 0 aliphatic rings. The molecule has 26 heavy (non-hydrogen) atoms. The number of benzene rings is 2. The van der Waals surface area contributed by atoms with Crippen molar-refractivity contribution in [3.05, 3.63) is 65.2 Å². The first-order chi connectivity index (χ1) is 12.7. The molecule has 0 fully saturated rings. The third kappa shape index (κ3) is 4.61. The van der Waals surface area contributed by atoms with Crippen LogP contribution in [-0.2, 0) is 17.6 Å². The normalized spacial score (nSPS) is 10.5. The first kappa shape index (κ1) is 17.9. The van der Waals surface area contributed by atoms with E-state index >= 15 is 0 Å². The molecule has 6 heteroatoms. The number of carboxylic acid groups (broad SMARTS) is 1. The van der Waals surface area contributed by atoms with Crippen molar-refractivity contribution in [1.29, 1.82) is 0 Å². The summed E-state index contributed by atoms with van der Waals surface area (Å²) in [6.45, 7) is 0.555. The van der Waals surface area contributed by atoms with E-state index in [2.05, 4.69) is 17.1 Å². The molecule has 0 atom stereocenters. The summed E-state index contributed by atoms with van der Waals surface area (Å²) in [5.41, 5.74) is 2.65. The van der Waals surface area contributed by atoms with E-state index in [1.165, 1.54) is 16.9 Å². The monoisotopic (exact) mass is 369 g/mol. The number of carboxylic acids is 1. The highest BCUT2D eigenvalue weighted by molar-refractivity contribution is 7.13. The number of aliphatic carboxylic acids is 1. The SMILES string of the molecule is COc1cc(-c2nc(CC(=O)O)cs2)ccc1OCCc1ccccc1. The van der Waals surface area contributed by atoms with E-state index < -0.39 is 5.97 Å². The highest BCUT2D eigenvalue weighted by Crippen LogP contribution is 2.34. The molecule has 0 amide bonds. The zero-order valence-electron chi connectivity index (χ0n) is 14.3. The van der Waals surface area contributed by atoms with Crippen molar-refractivity contribution in [1.82, 2.24) is 4.98 Å². The molecule has 3 aromatic rings. The molecule has 0 saturated carbocycles. The van der Waals surface area contributed by atoms with Gasteiger partial charge in [-0.2, -0.15) is 0 Å². The van der Waals surface area contributed by atoms with Gasteiger partial charge in [-0.1, -0.05) is 30.3 Å². The zero-order valence-corrected chi connectivity index (χ0v) is 15.2. The van der Waals surface area contributed by atoms with Crippen LogP contribution < -0.4 is 9.47 Å².